The number of hydrogen-bond acceptors (Lipinski definition) is 3. The van der Waals surface area contributed by atoms with Crippen molar-refractivity contribution in [3.8, 4) is 0 Å². The summed E-state index contributed by atoms with van der Waals surface area (Å²) in [5.41, 5.74) is 3.87. The molecule has 158 valence electrons. The summed E-state index contributed by atoms with van der Waals surface area (Å²) in [5.74, 6) is 0. The molecule has 3 aliphatic rings. The molecular formula is C25H31N3O2. The van der Waals surface area contributed by atoms with Crippen LogP contribution in [0.25, 0.3) is 0 Å². The summed E-state index contributed by atoms with van der Waals surface area (Å²) in [7, 11) is 0. The average molecular weight is 406 g/mol. The molecular weight excluding hydrogens is 374 g/mol. The molecule has 5 heteroatoms. The smallest absolute Gasteiger partial charge is 0.324 e. The zero-order valence-corrected chi connectivity index (χ0v) is 17.6. The highest BCUT2D eigenvalue weighted by Crippen LogP contribution is 2.52. The molecule has 2 saturated heterocycles. The molecule has 5 rings (SSSR count). The van der Waals surface area contributed by atoms with Crippen LogP contribution in [-0.2, 0) is 16.6 Å². The second kappa shape index (κ2) is 8.40. The number of para-hydroxylation sites is 1. The van der Waals surface area contributed by atoms with Crippen LogP contribution in [0.1, 0.15) is 30.4 Å². The normalized spacial score (nSPS) is 22.9. The Balaban J connectivity index is 1.52. The molecule has 1 spiro atoms. The molecule has 3 aliphatic heterocycles. The van der Waals surface area contributed by atoms with E-state index in [0.29, 0.717) is 26.3 Å². The minimum absolute atomic E-state index is 0.0402. The maximum atomic E-state index is 13.8. The highest BCUT2D eigenvalue weighted by molar-refractivity contribution is 5.96. The van der Waals surface area contributed by atoms with E-state index in [2.05, 4.69) is 64.8 Å². The molecule has 2 aromatic carbocycles. The molecule has 1 N–H and O–H groups in total. The second-order valence-electron chi connectivity index (χ2n) is 8.72. The van der Waals surface area contributed by atoms with Crippen LogP contribution in [0.2, 0.25) is 0 Å². The van der Waals surface area contributed by atoms with Crippen molar-refractivity contribution >= 4 is 11.7 Å². The van der Waals surface area contributed by atoms with Crippen molar-refractivity contribution in [2.24, 2.45) is 0 Å². The van der Waals surface area contributed by atoms with Crippen LogP contribution in [0.4, 0.5) is 10.5 Å². The van der Waals surface area contributed by atoms with Crippen LogP contribution in [0, 0.1) is 0 Å². The molecule has 0 aromatic heterocycles. The topological polar surface area (TPSA) is 44.8 Å². The first-order chi connectivity index (χ1) is 14.8. The summed E-state index contributed by atoms with van der Waals surface area (Å²) in [6.07, 6.45) is 4.13. The predicted octanol–water partition coefficient (Wildman–Crippen LogP) is 3.58. The average Bonchev–Trinajstić information content (AvgIpc) is 3.08. The summed E-state index contributed by atoms with van der Waals surface area (Å²) in [6, 6.07) is 19.7. The van der Waals surface area contributed by atoms with E-state index in [-0.39, 0.29) is 17.5 Å². The lowest BCUT2D eigenvalue weighted by Gasteiger charge is -2.43. The quantitative estimate of drug-likeness (QED) is 0.849. The largest absolute Gasteiger partial charge is 0.378 e. The molecule has 5 nitrogen and oxygen atoms in total. The van der Waals surface area contributed by atoms with Gasteiger partial charge in [-0.25, -0.2) is 4.79 Å². The minimum Gasteiger partial charge on any atom is -0.378 e. The van der Waals surface area contributed by atoms with Gasteiger partial charge in [-0.15, -0.1) is 0 Å². The number of amides is 2. The lowest BCUT2D eigenvalue weighted by molar-refractivity contribution is 0.0539. The maximum Gasteiger partial charge on any atom is 0.324 e. The highest BCUT2D eigenvalue weighted by Gasteiger charge is 2.53. The number of fused-ring (bicyclic) bond motifs is 2. The first-order valence-corrected chi connectivity index (χ1v) is 11.3. The fraction of sp³-hybridized carbons (Fsp3) is 0.480. The summed E-state index contributed by atoms with van der Waals surface area (Å²) in [5, 5.41) is 3.54. The Morgan fingerprint density at radius 2 is 1.70 bits per heavy atom. The number of hydrogen-bond donors (Lipinski definition) is 1. The highest BCUT2D eigenvalue weighted by atomic mass is 16.5. The minimum atomic E-state index is 0.0402. The van der Waals surface area contributed by atoms with Crippen molar-refractivity contribution < 1.29 is 9.53 Å². The number of morpholine rings is 1. The molecule has 0 radical (unpaired) electrons. The number of carbonyl (C=O) groups is 1. The molecule has 3 heterocycles. The predicted molar refractivity (Wildman–Crippen MR) is 119 cm³/mol. The molecule has 2 amide bonds. The van der Waals surface area contributed by atoms with Gasteiger partial charge in [0, 0.05) is 30.2 Å². The monoisotopic (exact) mass is 405 g/mol. The number of nitrogens with zero attached hydrogens (tertiary/aromatic N) is 2. The number of rotatable bonds is 3. The number of benzene rings is 2. The van der Waals surface area contributed by atoms with Gasteiger partial charge in [0.15, 0.2) is 0 Å². The van der Waals surface area contributed by atoms with E-state index in [1.54, 1.807) is 0 Å². The number of ether oxygens (including phenoxy) is 1. The number of urea groups is 1. The van der Waals surface area contributed by atoms with Crippen LogP contribution in [0.5, 0.6) is 0 Å². The molecule has 30 heavy (non-hydrogen) atoms. The van der Waals surface area contributed by atoms with Gasteiger partial charge in [0.2, 0.25) is 0 Å². The number of piperidine rings is 1. The molecule has 0 aliphatic carbocycles. The number of anilines is 1. The van der Waals surface area contributed by atoms with Crippen molar-refractivity contribution in [3.05, 3.63) is 65.7 Å². The zero-order valence-electron chi connectivity index (χ0n) is 17.6. The van der Waals surface area contributed by atoms with Crippen LogP contribution in [0.3, 0.4) is 0 Å². The van der Waals surface area contributed by atoms with Crippen LogP contribution in [-0.4, -0.2) is 56.4 Å². The van der Waals surface area contributed by atoms with E-state index >= 15 is 0 Å². The van der Waals surface area contributed by atoms with Crippen molar-refractivity contribution in [2.45, 2.75) is 37.1 Å². The van der Waals surface area contributed by atoms with Crippen molar-refractivity contribution in [1.29, 1.82) is 0 Å². The van der Waals surface area contributed by atoms with Crippen molar-refractivity contribution in [3.63, 3.8) is 0 Å². The van der Waals surface area contributed by atoms with Gasteiger partial charge in [-0.3, -0.25) is 4.90 Å². The Morgan fingerprint density at radius 1 is 1.00 bits per heavy atom. The van der Waals surface area contributed by atoms with Crippen LogP contribution < -0.4 is 10.2 Å². The summed E-state index contributed by atoms with van der Waals surface area (Å²) < 4.78 is 5.50. The Kier molecular flexibility index (Phi) is 5.48. The van der Waals surface area contributed by atoms with E-state index in [4.69, 9.17) is 4.74 Å². The summed E-state index contributed by atoms with van der Waals surface area (Å²) >= 11 is 0. The fourth-order valence-corrected chi connectivity index (χ4v) is 5.67. The van der Waals surface area contributed by atoms with Gasteiger partial charge in [0.25, 0.3) is 0 Å². The van der Waals surface area contributed by atoms with Crippen molar-refractivity contribution in [1.82, 2.24) is 10.2 Å². The lowest BCUT2D eigenvalue weighted by Crippen LogP contribution is -2.56. The van der Waals surface area contributed by atoms with Gasteiger partial charge in [0.05, 0.1) is 13.2 Å². The molecule has 0 saturated carbocycles. The second-order valence-corrected chi connectivity index (χ2v) is 8.72. The van der Waals surface area contributed by atoms with Gasteiger partial charge in [-0.1, -0.05) is 48.5 Å². The number of carbonyl (C=O) groups excluding carboxylic acids is 1. The number of nitrogens with one attached hydrogen (secondary N) is 1. The number of aryl methyl sites for hydroxylation is 1. The van der Waals surface area contributed by atoms with Crippen LogP contribution >= 0.6 is 0 Å². The fourth-order valence-electron chi connectivity index (χ4n) is 5.67. The third-order valence-electron chi connectivity index (χ3n) is 7.18. The first-order valence-electron chi connectivity index (χ1n) is 11.3. The molecule has 2 aromatic rings. The zero-order chi connectivity index (χ0) is 20.4. The lowest BCUT2D eigenvalue weighted by atomic mass is 9.68. The van der Waals surface area contributed by atoms with Crippen LogP contribution in [0.15, 0.2) is 54.6 Å². The first kappa shape index (κ1) is 19.6. The van der Waals surface area contributed by atoms with E-state index in [9.17, 15) is 4.79 Å². The van der Waals surface area contributed by atoms with Gasteiger partial charge < -0.3 is 15.0 Å². The van der Waals surface area contributed by atoms with E-state index in [0.717, 1.165) is 44.5 Å². The molecule has 0 unspecified atom stereocenters. The van der Waals surface area contributed by atoms with Crippen molar-refractivity contribution in [2.75, 3.05) is 44.3 Å². The SMILES string of the molecule is O=C(N1CCOCC1)N1c2ccccc2C2(CCNCC2)[C@H]1CCc1ccccc1. The Bertz CT molecular complexity index is 873. The Morgan fingerprint density at radius 3 is 2.47 bits per heavy atom. The summed E-state index contributed by atoms with van der Waals surface area (Å²) in [6.45, 7) is 4.64. The third-order valence-corrected chi connectivity index (χ3v) is 7.18. The summed E-state index contributed by atoms with van der Waals surface area (Å²) in [4.78, 5) is 17.9. The van der Waals surface area contributed by atoms with E-state index < -0.39 is 0 Å². The van der Waals surface area contributed by atoms with Gasteiger partial charge in [0.1, 0.15) is 0 Å². The van der Waals surface area contributed by atoms with Gasteiger partial charge in [-0.05, 0) is 56.0 Å². The molecule has 2 fully saturated rings. The maximum absolute atomic E-state index is 13.8. The Labute approximate surface area is 179 Å². The van der Waals surface area contributed by atoms with Gasteiger partial charge in [-0.2, -0.15) is 0 Å². The standard InChI is InChI=1S/C25H31N3O2/c29-24(27-16-18-30-19-17-27)28-22-9-5-4-8-21(22)25(12-14-26-15-13-25)23(28)11-10-20-6-2-1-3-7-20/h1-9,23,26H,10-19H2/t23-/m1/s1. The third kappa shape index (κ3) is 3.40. The molecule has 0 bridgehead atoms. The van der Waals surface area contributed by atoms with E-state index in [1.807, 2.05) is 4.90 Å². The van der Waals surface area contributed by atoms with E-state index in [1.165, 1.54) is 11.1 Å². The van der Waals surface area contributed by atoms with Gasteiger partial charge >= 0.3 is 6.03 Å². The Hall–Kier alpha value is -2.37. The molecule has 1 atom stereocenters.